The van der Waals surface area contributed by atoms with Crippen molar-refractivity contribution in [2.75, 3.05) is 0 Å². The second-order valence-corrected chi connectivity index (χ2v) is 3.59. The first-order valence-corrected chi connectivity index (χ1v) is 3.95. The number of rotatable bonds is 2. The van der Waals surface area contributed by atoms with Crippen LogP contribution in [0, 0.1) is 18.3 Å². The normalized spacial score (nSPS) is 11.2. The van der Waals surface area contributed by atoms with E-state index in [1.807, 2.05) is 20.8 Å². The fraction of sp³-hybridized carbons (Fsp3) is 0.556. The molecular weight excluding hydrogens is 150 g/mol. The maximum absolute atomic E-state index is 8.60. The summed E-state index contributed by atoms with van der Waals surface area (Å²) in [6, 6.07) is 2.17. The molecule has 0 radical (unpaired) electrons. The monoisotopic (exact) mass is 163 g/mol. The minimum Gasteiger partial charge on any atom is -0.348 e. The molecule has 0 atom stereocenters. The number of H-pyrrole nitrogens is 1. The Hall–Kier alpha value is -1.30. The van der Waals surface area contributed by atoms with Crippen molar-refractivity contribution in [3.8, 4) is 6.07 Å². The lowest BCUT2D eigenvalue weighted by atomic mass is 9.85. The first-order valence-electron chi connectivity index (χ1n) is 3.95. The summed E-state index contributed by atoms with van der Waals surface area (Å²) in [5, 5.41) is 8.60. The SMILES string of the molecule is Cc1[nH]cnc1C(C)(C)CC#N. The third kappa shape index (κ3) is 1.48. The predicted octanol–water partition coefficient (Wildman–Crippen LogP) is 1.91. The highest BCUT2D eigenvalue weighted by Crippen LogP contribution is 2.26. The van der Waals surface area contributed by atoms with Gasteiger partial charge in [0.2, 0.25) is 0 Å². The number of aromatic amines is 1. The molecule has 1 rings (SSSR count). The summed E-state index contributed by atoms with van der Waals surface area (Å²) in [7, 11) is 0. The van der Waals surface area contributed by atoms with E-state index in [0.717, 1.165) is 11.4 Å². The van der Waals surface area contributed by atoms with E-state index in [-0.39, 0.29) is 5.41 Å². The van der Waals surface area contributed by atoms with E-state index in [9.17, 15) is 0 Å². The topological polar surface area (TPSA) is 52.5 Å². The molecule has 64 valence electrons. The number of nitrogens with one attached hydrogen (secondary N) is 1. The third-order valence-electron chi connectivity index (χ3n) is 1.99. The maximum atomic E-state index is 8.60. The van der Waals surface area contributed by atoms with Gasteiger partial charge < -0.3 is 4.98 Å². The Kier molecular flexibility index (Phi) is 2.18. The Balaban J connectivity index is 2.98. The van der Waals surface area contributed by atoms with Crippen LogP contribution in [0.25, 0.3) is 0 Å². The highest BCUT2D eigenvalue weighted by Gasteiger charge is 2.24. The summed E-state index contributed by atoms with van der Waals surface area (Å²) in [5.74, 6) is 0. The van der Waals surface area contributed by atoms with Crippen molar-refractivity contribution < 1.29 is 0 Å². The van der Waals surface area contributed by atoms with Crippen molar-refractivity contribution in [2.24, 2.45) is 0 Å². The molecule has 0 aliphatic rings. The standard InChI is InChI=1S/C9H13N3/c1-7-8(12-6-11-7)9(2,3)4-5-10/h6H,4H2,1-3H3,(H,11,12). The summed E-state index contributed by atoms with van der Waals surface area (Å²) in [5.41, 5.74) is 1.90. The molecule has 0 spiro atoms. The van der Waals surface area contributed by atoms with E-state index in [0.29, 0.717) is 6.42 Å². The summed E-state index contributed by atoms with van der Waals surface area (Å²) in [4.78, 5) is 7.21. The quantitative estimate of drug-likeness (QED) is 0.724. The Morgan fingerprint density at radius 3 is 2.75 bits per heavy atom. The Morgan fingerprint density at radius 2 is 2.33 bits per heavy atom. The number of aromatic nitrogens is 2. The van der Waals surface area contributed by atoms with E-state index < -0.39 is 0 Å². The van der Waals surface area contributed by atoms with Gasteiger partial charge in [-0.25, -0.2) is 4.98 Å². The third-order valence-corrected chi connectivity index (χ3v) is 1.99. The highest BCUT2D eigenvalue weighted by atomic mass is 14.9. The summed E-state index contributed by atoms with van der Waals surface area (Å²) in [6.45, 7) is 6.03. The molecule has 3 heteroatoms. The molecule has 1 heterocycles. The van der Waals surface area contributed by atoms with Crippen LogP contribution in [0.2, 0.25) is 0 Å². The molecule has 1 N–H and O–H groups in total. The van der Waals surface area contributed by atoms with Gasteiger partial charge in [-0.05, 0) is 6.92 Å². The van der Waals surface area contributed by atoms with Crippen LogP contribution in [0.3, 0.4) is 0 Å². The van der Waals surface area contributed by atoms with Crippen LogP contribution in [-0.2, 0) is 5.41 Å². The molecule has 0 fully saturated rings. The molecule has 0 saturated heterocycles. The van der Waals surface area contributed by atoms with Crippen molar-refractivity contribution in [3.63, 3.8) is 0 Å². The van der Waals surface area contributed by atoms with Crippen LogP contribution < -0.4 is 0 Å². The Morgan fingerprint density at radius 1 is 1.67 bits per heavy atom. The second-order valence-electron chi connectivity index (χ2n) is 3.59. The molecule has 0 aliphatic heterocycles. The minimum atomic E-state index is -0.140. The molecule has 0 unspecified atom stereocenters. The zero-order valence-electron chi connectivity index (χ0n) is 7.68. The number of nitrogens with zero attached hydrogens (tertiary/aromatic N) is 2. The summed E-state index contributed by atoms with van der Waals surface area (Å²) in [6.07, 6.45) is 2.17. The van der Waals surface area contributed by atoms with Gasteiger partial charge in [0.25, 0.3) is 0 Å². The van der Waals surface area contributed by atoms with Crippen LogP contribution in [0.1, 0.15) is 31.7 Å². The number of aryl methyl sites for hydroxylation is 1. The lowest BCUT2D eigenvalue weighted by molar-refractivity contribution is 0.521. The lowest BCUT2D eigenvalue weighted by Crippen LogP contribution is -2.17. The summed E-state index contributed by atoms with van der Waals surface area (Å²) >= 11 is 0. The number of hydrogen-bond donors (Lipinski definition) is 1. The molecule has 1 aromatic rings. The predicted molar refractivity (Wildman–Crippen MR) is 46.6 cm³/mol. The van der Waals surface area contributed by atoms with Gasteiger partial charge >= 0.3 is 0 Å². The first-order chi connectivity index (χ1) is 5.58. The van der Waals surface area contributed by atoms with Gasteiger partial charge in [-0.15, -0.1) is 0 Å². The van der Waals surface area contributed by atoms with Crippen LogP contribution in [-0.4, -0.2) is 9.97 Å². The van der Waals surface area contributed by atoms with Gasteiger partial charge in [-0.3, -0.25) is 0 Å². The maximum Gasteiger partial charge on any atom is 0.0925 e. The number of imidazole rings is 1. The van der Waals surface area contributed by atoms with E-state index in [2.05, 4.69) is 16.0 Å². The molecule has 0 bridgehead atoms. The Labute approximate surface area is 72.4 Å². The van der Waals surface area contributed by atoms with Crippen molar-refractivity contribution in [1.82, 2.24) is 9.97 Å². The Bertz CT molecular complexity index is 304. The van der Waals surface area contributed by atoms with Crippen molar-refractivity contribution >= 4 is 0 Å². The van der Waals surface area contributed by atoms with Gasteiger partial charge in [0.05, 0.1) is 18.1 Å². The van der Waals surface area contributed by atoms with Crippen molar-refractivity contribution in [3.05, 3.63) is 17.7 Å². The molecule has 3 nitrogen and oxygen atoms in total. The first kappa shape index (κ1) is 8.79. The van der Waals surface area contributed by atoms with Crippen LogP contribution in [0.5, 0.6) is 0 Å². The van der Waals surface area contributed by atoms with Crippen LogP contribution >= 0.6 is 0 Å². The zero-order valence-corrected chi connectivity index (χ0v) is 7.68. The number of hydrogen-bond acceptors (Lipinski definition) is 2. The molecule has 0 aliphatic carbocycles. The summed E-state index contributed by atoms with van der Waals surface area (Å²) < 4.78 is 0. The zero-order chi connectivity index (χ0) is 9.19. The van der Waals surface area contributed by atoms with Gasteiger partial charge in [0.15, 0.2) is 0 Å². The van der Waals surface area contributed by atoms with E-state index >= 15 is 0 Å². The smallest absolute Gasteiger partial charge is 0.0925 e. The molecule has 0 saturated carbocycles. The molecule has 12 heavy (non-hydrogen) atoms. The minimum absolute atomic E-state index is 0.140. The lowest BCUT2D eigenvalue weighted by Gasteiger charge is -2.19. The average Bonchev–Trinajstić information content (AvgIpc) is 2.35. The molecule has 1 aromatic heterocycles. The van der Waals surface area contributed by atoms with E-state index in [4.69, 9.17) is 5.26 Å². The van der Waals surface area contributed by atoms with Crippen molar-refractivity contribution in [2.45, 2.75) is 32.6 Å². The van der Waals surface area contributed by atoms with E-state index in [1.165, 1.54) is 0 Å². The molecular formula is C9H13N3. The molecule has 0 amide bonds. The van der Waals surface area contributed by atoms with Crippen LogP contribution in [0.15, 0.2) is 6.33 Å². The van der Waals surface area contributed by atoms with Gasteiger partial charge in [0, 0.05) is 17.5 Å². The van der Waals surface area contributed by atoms with Gasteiger partial charge in [-0.1, -0.05) is 13.8 Å². The highest BCUT2D eigenvalue weighted by molar-refractivity contribution is 5.20. The fourth-order valence-corrected chi connectivity index (χ4v) is 1.32. The average molecular weight is 163 g/mol. The van der Waals surface area contributed by atoms with Crippen LogP contribution in [0.4, 0.5) is 0 Å². The van der Waals surface area contributed by atoms with Gasteiger partial charge in [-0.2, -0.15) is 5.26 Å². The van der Waals surface area contributed by atoms with Gasteiger partial charge in [0.1, 0.15) is 0 Å². The largest absolute Gasteiger partial charge is 0.348 e. The van der Waals surface area contributed by atoms with E-state index in [1.54, 1.807) is 6.33 Å². The fourth-order valence-electron chi connectivity index (χ4n) is 1.32. The van der Waals surface area contributed by atoms with Crippen molar-refractivity contribution in [1.29, 1.82) is 5.26 Å². The second kappa shape index (κ2) is 2.98. The number of nitriles is 1. The molecule has 0 aromatic carbocycles.